The van der Waals surface area contributed by atoms with E-state index in [2.05, 4.69) is 4.18 Å². The fraction of sp³-hybridized carbons (Fsp3) is 0.300. The van der Waals surface area contributed by atoms with Gasteiger partial charge in [-0.2, -0.15) is 0 Å². The molecule has 1 aliphatic carbocycles. The first-order valence-electron chi connectivity index (χ1n) is 4.76. The zero-order valence-electron chi connectivity index (χ0n) is 9.87. The van der Waals surface area contributed by atoms with Crippen molar-refractivity contribution >= 4 is 16.2 Å². The average molecular weight is 280 g/mol. The molecule has 0 fully saturated rings. The van der Waals surface area contributed by atoms with Crippen LogP contribution in [-0.2, 0) is 14.6 Å². The van der Waals surface area contributed by atoms with E-state index in [0.29, 0.717) is 16.9 Å². The number of rotatable bonds is 3. The number of carbonyl (C=O) groups excluding carboxylic acids is 1. The van der Waals surface area contributed by atoms with Gasteiger partial charge in [0.25, 0.3) is 0 Å². The van der Waals surface area contributed by atoms with Crippen LogP contribution >= 0.6 is 0 Å². The van der Waals surface area contributed by atoms with Crippen molar-refractivity contribution in [1.82, 2.24) is 0 Å². The van der Waals surface area contributed by atoms with Gasteiger partial charge in [-0.05, 0) is 17.7 Å². The van der Waals surface area contributed by atoms with Crippen LogP contribution in [-0.4, -0.2) is 25.9 Å². The Morgan fingerprint density at radius 3 is 2.61 bits per heavy atom. The van der Waals surface area contributed by atoms with Gasteiger partial charge in [0, 0.05) is 12.0 Å². The summed E-state index contributed by atoms with van der Waals surface area (Å²) in [5.74, 6) is 0.218. The fourth-order valence-electron chi connectivity index (χ4n) is 1.80. The Morgan fingerprint density at radius 1 is 1.39 bits per heavy atom. The van der Waals surface area contributed by atoms with Gasteiger partial charge in [0.05, 0.1) is 7.11 Å². The van der Waals surface area contributed by atoms with Crippen LogP contribution in [0.2, 0.25) is 0 Å². The van der Waals surface area contributed by atoms with Crippen LogP contribution in [0.1, 0.15) is 28.4 Å². The molecule has 8 heteroatoms. The fourth-order valence-corrected chi connectivity index (χ4v) is 2.26. The number of hydrogen-bond acceptors (Lipinski definition) is 6. The molecule has 0 bridgehead atoms. The Hall–Kier alpha value is -0.440. The first kappa shape index (κ1) is 15.6. The van der Waals surface area contributed by atoms with Crippen molar-refractivity contribution in [1.29, 1.82) is 0 Å². The summed E-state index contributed by atoms with van der Waals surface area (Å²) < 4.78 is 40.8. The van der Waals surface area contributed by atoms with E-state index in [9.17, 15) is 17.8 Å². The van der Waals surface area contributed by atoms with E-state index in [1.165, 1.54) is 19.2 Å². The predicted molar refractivity (Wildman–Crippen MR) is 55.5 cm³/mol. The Labute approximate surface area is 127 Å². The second-order valence-corrected chi connectivity index (χ2v) is 4.58. The summed E-state index contributed by atoms with van der Waals surface area (Å²) in [5, 5.41) is 0. The van der Waals surface area contributed by atoms with Crippen molar-refractivity contribution < 1.29 is 56.2 Å². The predicted octanol–water partition coefficient (Wildman–Crippen LogP) is -2.20. The van der Waals surface area contributed by atoms with E-state index in [0.717, 1.165) is 0 Å². The molecule has 0 saturated heterocycles. The third kappa shape index (κ3) is 3.31. The number of fused-ring (bicyclic) bond motifs is 1. The Morgan fingerprint density at radius 2 is 2.06 bits per heavy atom. The summed E-state index contributed by atoms with van der Waals surface area (Å²) in [6.45, 7) is 0. The van der Waals surface area contributed by atoms with Crippen LogP contribution in [0, 0.1) is 0 Å². The molecule has 0 aliphatic heterocycles. The minimum Gasteiger partial charge on any atom is -0.726 e. The average Bonchev–Trinajstić information content (AvgIpc) is 2.53. The van der Waals surface area contributed by atoms with E-state index in [1.54, 1.807) is 6.07 Å². The molecule has 0 amide bonds. The summed E-state index contributed by atoms with van der Waals surface area (Å²) in [7, 11) is -3.37. The molecule has 92 valence electrons. The quantitative estimate of drug-likeness (QED) is 0.354. The molecule has 6 nitrogen and oxygen atoms in total. The number of methoxy groups -OCH3 is 1. The summed E-state index contributed by atoms with van der Waals surface area (Å²) in [6, 6.07) is 4.60. The molecule has 2 rings (SSSR count). The molecule has 0 N–H and O–H groups in total. The van der Waals surface area contributed by atoms with Crippen molar-refractivity contribution in [2.45, 2.75) is 12.5 Å². The second-order valence-electron chi connectivity index (χ2n) is 3.57. The second kappa shape index (κ2) is 5.68. The molecule has 0 spiro atoms. The Balaban J connectivity index is 0.00000162. The molecule has 1 aromatic carbocycles. The van der Waals surface area contributed by atoms with E-state index in [1.807, 2.05) is 0 Å². The minimum absolute atomic E-state index is 0. The van der Waals surface area contributed by atoms with Gasteiger partial charge in [-0.15, -0.1) is 0 Å². The van der Waals surface area contributed by atoms with Crippen molar-refractivity contribution in [3.63, 3.8) is 0 Å². The maximum absolute atomic E-state index is 11.6. The third-order valence-corrected chi connectivity index (χ3v) is 2.98. The summed E-state index contributed by atoms with van der Waals surface area (Å²) in [6.07, 6.45) is -1.17. The summed E-state index contributed by atoms with van der Waals surface area (Å²) in [4.78, 5) is 11.6. The Kier molecular flexibility index (Phi) is 4.93. The van der Waals surface area contributed by atoms with Gasteiger partial charge in [-0.25, -0.2) is 8.42 Å². The normalized spacial score (nSPS) is 18.1. The topological polar surface area (TPSA) is 92.7 Å². The molecule has 0 aromatic heterocycles. The SMILES string of the molecule is COc1ccc2c(c1)C(=O)CC2OS(=O)(=O)[O-].[Na+]. The molecule has 0 radical (unpaired) electrons. The van der Waals surface area contributed by atoms with Gasteiger partial charge >= 0.3 is 29.6 Å². The molecular weight excluding hydrogens is 271 g/mol. The molecule has 1 unspecified atom stereocenters. The number of hydrogen-bond donors (Lipinski definition) is 0. The first-order valence-corrected chi connectivity index (χ1v) is 6.09. The van der Waals surface area contributed by atoms with Gasteiger partial charge in [0.2, 0.25) is 10.4 Å². The van der Waals surface area contributed by atoms with Crippen molar-refractivity contribution in [3.05, 3.63) is 29.3 Å². The molecule has 1 atom stereocenters. The van der Waals surface area contributed by atoms with Gasteiger partial charge in [-0.3, -0.25) is 8.98 Å². The molecule has 0 heterocycles. The minimum atomic E-state index is -4.82. The van der Waals surface area contributed by atoms with E-state index in [4.69, 9.17) is 4.74 Å². The number of carbonyl (C=O) groups is 1. The van der Waals surface area contributed by atoms with Crippen LogP contribution in [0.15, 0.2) is 18.2 Å². The van der Waals surface area contributed by atoms with E-state index in [-0.39, 0.29) is 41.8 Å². The molecule has 0 saturated carbocycles. The van der Waals surface area contributed by atoms with Gasteiger partial charge in [-0.1, -0.05) is 6.07 Å². The largest absolute Gasteiger partial charge is 1.00 e. The summed E-state index contributed by atoms with van der Waals surface area (Å²) >= 11 is 0. The molecule has 18 heavy (non-hydrogen) atoms. The van der Waals surface area contributed by atoms with Crippen molar-refractivity contribution in [2.75, 3.05) is 7.11 Å². The molecule has 1 aromatic rings. The van der Waals surface area contributed by atoms with Crippen LogP contribution in [0.5, 0.6) is 5.75 Å². The van der Waals surface area contributed by atoms with Gasteiger partial charge < -0.3 is 9.29 Å². The van der Waals surface area contributed by atoms with Crippen LogP contribution < -0.4 is 34.3 Å². The maximum atomic E-state index is 11.6. The molecular formula is C10H9NaO6S. The van der Waals surface area contributed by atoms with E-state index >= 15 is 0 Å². The van der Waals surface area contributed by atoms with Gasteiger partial charge in [0.1, 0.15) is 11.9 Å². The number of ketones is 1. The van der Waals surface area contributed by atoms with E-state index < -0.39 is 16.5 Å². The monoisotopic (exact) mass is 280 g/mol. The zero-order valence-corrected chi connectivity index (χ0v) is 12.7. The van der Waals surface area contributed by atoms with Gasteiger partial charge in [0.15, 0.2) is 5.78 Å². The maximum Gasteiger partial charge on any atom is 1.00 e. The van der Waals surface area contributed by atoms with Crippen LogP contribution in [0.25, 0.3) is 0 Å². The smallest absolute Gasteiger partial charge is 0.726 e. The van der Waals surface area contributed by atoms with Crippen LogP contribution in [0.4, 0.5) is 0 Å². The van der Waals surface area contributed by atoms with Crippen molar-refractivity contribution in [3.8, 4) is 5.75 Å². The number of Topliss-reactive ketones (excluding diaryl/α,β-unsaturated/α-hetero) is 1. The standard InChI is InChI=1S/C10H10O6S.Na/c1-15-6-2-3-7-8(4-6)9(11)5-10(7)16-17(12,13)14;/h2-4,10H,5H2,1H3,(H,12,13,14);/q;+1/p-1. The van der Waals surface area contributed by atoms with Crippen LogP contribution in [0.3, 0.4) is 0 Å². The molecule has 1 aliphatic rings. The summed E-state index contributed by atoms with van der Waals surface area (Å²) in [5.41, 5.74) is 0.730. The third-order valence-electron chi connectivity index (χ3n) is 2.51. The van der Waals surface area contributed by atoms with Crippen molar-refractivity contribution in [2.24, 2.45) is 0 Å². The zero-order chi connectivity index (χ0) is 12.6. The number of benzene rings is 1. The first-order chi connectivity index (χ1) is 7.90. The Bertz CT molecular complexity index is 568. The number of ether oxygens (including phenoxy) is 1.